The molecule has 1 fully saturated rings. The normalized spacial score (nSPS) is 17.1. The van der Waals surface area contributed by atoms with Crippen molar-refractivity contribution < 1.29 is 8.78 Å². The highest BCUT2D eigenvalue weighted by atomic mass is 19.1. The van der Waals surface area contributed by atoms with Crippen LogP contribution in [0.2, 0.25) is 0 Å². The Morgan fingerprint density at radius 1 is 0.917 bits per heavy atom. The molecule has 1 aliphatic heterocycles. The molecular formula is C20H24F2N2. The van der Waals surface area contributed by atoms with Gasteiger partial charge in [-0.25, -0.2) is 8.78 Å². The molecule has 0 aliphatic carbocycles. The fourth-order valence-electron chi connectivity index (χ4n) is 3.45. The molecule has 2 nitrogen and oxygen atoms in total. The zero-order valence-corrected chi connectivity index (χ0v) is 14.2. The first-order valence-corrected chi connectivity index (χ1v) is 8.61. The van der Waals surface area contributed by atoms with Crippen molar-refractivity contribution in [2.75, 3.05) is 18.0 Å². The molecule has 2 unspecified atom stereocenters. The highest BCUT2D eigenvalue weighted by Gasteiger charge is 2.19. The van der Waals surface area contributed by atoms with Crippen molar-refractivity contribution in [2.24, 2.45) is 0 Å². The van der Waals surface area contributed by atoms with Gasteiger partial charge in [0.2, 0.25) is 0 Å². The molecule has 1 aliphatic rings. The fraction of sp³-hybridized carbons (Fsp3) is 0.400. The van der Waals surface area contributed by atoms with E-state index in [-0.39, 0.29) is 11.6 Å². The summed E-state index contributed by atoms with van der Waals surface area (Å²) < 4.78 is 27.9. The van der Waals surface area contributed by atoms with E-state index >= 15 is 0 Å². The van der Waals surface area contributed by atoms with E-state index in [2.05, 4.69) is 34.5 Å². The predicted molar refractivity (Wildman–Crippen MR) is 94.2 cm³/mol. The monoisotopic (exact) mass is 330 g/mol. The molecular weight excluding hydrogens is 306 g/mol. The first-order chi connectivity index (χ1) is 11.6. The highest BCUT2D eigenvalue weighted by Crippen LogP contribution is 2.27. The zero-order chi connectivity index (χ0) is 17.1. The van der Waals surface area contributed by atoms with E-state index in [1.54, 1.807) is 6.92 Å². The van der Waals surface area contributed by atoms with Crippen molar-refractivity contribution >= 4 is 5.69 Å². The molecule has 0 radical (unpaired) electrons. The third-order valence-electron chi connectivity index (χ3n) is 4.77. The van der Waals surface area contributed by atoms with Gasteiger partial charge < -0.3 is 10.2 Å². The molecule has 128 valence electrons. The summed E-state index contributed by atoms with van der Waals surface area (Å²) in [5.41, 5.74) is 2.45. The lowest BCUT2D eigenvalue weighted by Crippen LogP contribution is -2.24. The Morgan fingerprint density at radius 3 is 2.21 bits per heavy atom. The van der Waals surface area contributed by atoms with Crippen molar-refractivity contribution in [3.63, 3.8) is 0 Å². The number of nitrogens with one attached hydrogen (secondary N) is 1. The molecule has 0 saturated carbocycles. The van der Waals surface area contributed by atoms with Crippen LogP contribution in [-0.2, 0) is 0 Å². The summed E-state index contributed by atoms with van der Waals surface area (Å²) in [5.74, 6) is -1.01. The van der Waals surface area contributed by atoms with Crippen LogP contribution in [-0.4, -0.2) is 13.1 Å². The van der Waals surface area contributed by atoms with Gasteiger partial charge in [-0.2, -0.15) is 0 Å². The van der Waals surface area contributed by atoms with Crippen LogP contribution in [0.25, 0.3) is 0 Å². The fourth-order valence-corrected chi connectivity index (χ4v) is 3.45. The Bertz CT molecular complexity index is 676. The summed E-state index contributed by atoms with van der Waals surface area (Å²) in [6.07, 6.45) is 2.48. The smallest absolute Gasteiger partial charge is 0.130 e. The minimum atomic E-state index is -0.506. The quantitative estimate of drug-likeness (QED) is 0.832. The standard InChI is InChI=1S/C20H24F2N2/c1-14(23-15(2)20-18(21)9-6-10-19(20)22)16-7-5-8-17(13-16)24-11-3-4-12-24/h5-10,13-15,23H,3-4,11-12H2,1-2H3. The van der Waals surface area contributed by atoms with Gasteiger partial charge in [0.05, 0.1) is 0 Å². The van der Waals surface area contributed by atoms with Crippen LogP contribution in [0.3, 0.4) is 0 Å². The van der Waals surface area contributed by atoms with Gasteiger partial charge in [0.1, 0.15) is 11.6 Å². The van der Waals surface area contributed by atoms with Gasteiger partial charge in [-0.05, 0) is 56.5 Å². The molecule has 1 N–H and O–H groups in total. The van der Waals surface area contributed by atoms with Crippen LogP contribution in [0, 0.1) is 11.6 Å². The van der Waals surface area contributed by atoms with Crippen molar-refractivity contribution in [3.05, 3.63) is 65.2 Å². The molecule has 2 aromatic carbocycles. The molecule has 0 spiro atoms. The summed E-state index contributed by atoms with van der Waals surface area (Å²) in [4.78, 5) is 2.39. The van der Waals surface area contributed by atoms with Gasteiger partial charge in [0.15, 0.2) is 0 Å². The molecule has 2 atom stereocenters. The van der Waals surface area contributed by atoms with Crippen molar-refractivity contribution in [1.29, 1.82) is 0 Å². The van der Waals surface area contributed by atoms with Crippen LogP contribution < -0.4 is 10.2 Å². The summed E-state index contributed by atoms with van der Waals surface area (Å²) in [6.45, 7) is 6.02. The SMILES string of the molecule is CC(NC(C)c1c(F)cccc1F)c1cccc(N2CCCC2)c1. The first kappa shape index (κ1) is 16.9. The number of hydrogen-bond donors (Lipinski definition) is 1. The lowest BCUT2D eigenvalue weighted by atomic mass is 10.0. The minimum Gasteiger partial charge on any atom is -0.372 e. The van der Waals surface area contributed by atoms with Crippen LogP contribution in [0.15, 0.2) is 42.5 Å². The predicted octanol–water partition coefficient (Wildman–Crippen LogP) is 4.98. The minimum absolute atomic E-state index is 0.00144. The summed E-state index contributed by atoms with van der Waals surface area (Å²) in [5, 5.41) is 3.31. The third-order valence-corrected chi connectivity index (χ3v) is 4.77. The molecule has 2 aromatic rings. The molecule has 4 heteroatoms. The average Bonchev–Trinajstić information content (AvgIpc) is 3.09. The van der Waals surface area contributed by atoms with Crippen LogP contribution in [0.5, 0.6) is 0 Å². The average molecular weight is 330 g/mol. The number of nitrogens with zero attached hydrogens (tertiary/aromatic N) is 1. The maximum atomic E-state index is 13.9. The molecule has 0 amide bonds. The number of hydrogen-bond acceptors (Lipinski definition) is 2. The second-order valence-electron chi connectivity index (χ2n) is 6.53. The Labute approximate surface area is 142 Å². The van der Waals surface area contributed by atoms with Crippen LogP contribution in [0.4, 0.5) is 14.5 Å². The van der Waals surface area contributed by atoms with Gasteiger partial charge in [-0.1, -0.05) is 18.2 Å². The van der Waals surface area contributed by atoms with E-state index in [4.69, 9.17) is 0 Å². The molecule has 1 heterocycles. The largest absolute Gasteiger partial charge is 0.372 e. The second-order valence-corrected chi connectivity index (χ2v) is 6.53. The van der Waals surface area contributed by atoms with Crippen LogP contribution in [0.1, 0.15) is 49.9 Å². The highest BCUT2D eigenvalue weighted by molar-refractivity contribution is 5.49. The molecule has 0 aromatic heterocycles. The second kappa shape index (κ2) is 7.31. The summed E-state index contributed by atoms with van der Waals surface area (Å²) >= 11 is 0. The molecule has 0 bridgehead atoms. The number of anilines is 1. The third kappa shape index (κ3) is 3.59. The Hall–Kier alpha value is -1.94. The lowest BCUT2D eigenvalue weighted by molar-refractivity contribution is 0.450. The first-order valence-electron chi connectivity index (χ1n) is 8.61. The van der Waals surface area contributed by atoms with E-state index in [0.29, 0.717) is 0 Å². The van der Waals surface area contributed by atoms with Gasteiger partial charge in [0, 0.05) is 36.4 Å². The molecule has 24 heavy (non-hydrogen) atoms. The maximum absolute atomic E-state index is 13.9. The topological polar surface area (TPSA) is 15.3 Å². The van der Waals surface area contributed by atoms with E-state index < -0.39 is 17.7 Å². The van der Waals surface area contributed by atoms with Gasteiger partial charge >= 0.3 is 0 Å². The van der Waals surface area contributed by atoms with E-state index in [1.807, 2.05) is 6.92 Å². The Kier molecular flexibility index (Phi) is 5.14. The maximum Gasteiger partial charge on any atom is 0.130 e. The number of halogens is 2. The lowest BCUT2D eigenvalue weighted by Gasteiger charge is -2.24. The molecule has 3 rings (SSSR count). The Morgan fingerprint density at radius 2 is 1.54 bits per heavy atom. The van der Waals surface area contributed by atoms with E-state index in [9.17, 15) is 8.78 Å². The Balaban J connectivity index is 1.74. The summed E-state index contributed by atoms with van der Waals surface area (Å²) in [7, 11) is 0. The summed E-state index contributed by atoms with van der Waals surface area (Å²) in [6, 6.07) is 12.0. The van der Waals surface area contributed by atoms with Crippen molar-refractivity contribution in [3.8, 4) is 0 Å². The number of rotatable bonds is 5. The van der Waals surface area contributed by atoms with Crippen molar-refractivity contribution in [1.82, 2.24) is 5.32 Å². The van der Waals surface area contributed by atoms with Gasteiger partial charge in [-0.3, -0.25) is 0 Å². The van der Waals surface area contributed by atoms with E-state index in [1.165, 1.54) is 36.7 Å². The number of benzene rings is 2. The molecule has 1 saturated heterocycles. The zero-order valence-electron chi connectivity index (χ0n) is 14.2. The van der Waals surface area contributed by atoms with Gasteiger partial charge in [0.25, 0.3) is 0 Å². The van der Waals surface area contributed by atoms with Gasteiger partial charge in [-0.15, -0.1) is 0 Å². The van der Waals surface area contributed by atoms with E-state index in [0.717, 1.165) is 18.7 Å². The van der Waals surface area contributed by atoms with Crippen LogP contribution >= 0.6 is 0 Å². The van der Waals surface area contributed by atoms with Crippen molar-refractivity contribution in [2.45, 2.75) is 38.8 Å².